The van der Waals surface area contributed by atoms with Crippen LogP contribution < -0.4 is 0 Å². The van der Waals surface area contributed by atoms with Gasteiger partial charge in [0.15, 0.2) is 5.12 Å². The molecule has 1 saturated carbocycles. The van der Waals surface area contributed by atoms with Crippen molar-refractivity contribution in [2.24, 2.45) is 5.92 Å². The normalized spacial score (nSPS) is 24.1. The molecule has 6 nitrogen and oxygen atoms in total. The van der Waals surface area contributed by atoms with Gasteiger partial charge in [0.05, 0.1) is 11.1 Å². The number of rotatable bonds is 4. The van der Waals surface area contributed by atoms with E-state index in [1.54, 1.807) is 24.3 Å². The molecule has 0 radical (unpaired) electrons. The van der Waals surface area contributed by atoms with Crippen LogP contribution in [0.15, 0.2) is 24.3 Å². The number of imide groups is 1. The van der Waals surface area contributed by atoms with Crippen molar-refractivity contribution in [3.8, 4) is 0 Å². The summed E-state index contributed by atoms with van der Waals surface area (Å²) >= 11 is 0.812. The Morgan fingerprint density at radius 3 is 2.25 bits per heavy atom. The van der Waals surface area contributed by atoms with Crippen molar-refractivity contribution in [3.63, 3.8) is 0 Å². The second-order valence-corrected chi connectivity index (χ2v) is 7.44. The minimum Gasteiger partial charge on any atom is -0.480 e. The summed E-state index contributed by atoms with van der Waals surface area (Å²) in [5.41, 5.74) is 0.803. The average Bonchev–Trinajstić information content (AvgIpc) is 3.09. The lowest BCUT2D eigenvalue weighted by Gasteiger charge is -2.23. The van der Waals surface area contributed by atoms with E-state index < -0.39 is 11.2 Å². The second kappa shape index (κ2) is 6.39. The fraction of sp³-hybridized carbons (Fsp3) is 0.412. The molecular formula is C17H17NO5S. The highest BCUT2D eigenvalue weighted by Gasteiger charge is 2.45. The van der Waals surface area contributed by atoms with E-state index in [0.29, 0.717) is 30.4 Å². The second-order valence-electron chi connectivity index (χ2n) is 6.12. The molecule has 1 heterocycles. The number of amides is 2. The highest BCUT2D eigenvalue weighted by atomic mass is 32.2. The van der Waals surface area contributed by atoms with Gasteiger partial charge in [0, 0.05) is 13.0 Å². The molecule has 24 heavy (non-hydrogen) atoms. The Hall–Kier alpha value is -2.15. The van der Waals surface area contributed by atoms with E-state index >= 15 is 0 Å². The number of carboxylic acid groups (broad SMARTS) is 1. The Morgan fingerprint density at radius 2 is 1.75 bits per heavy atom. The van der Waals surface area contributed by atoms with Crippen molar-refractivity contribution in [2.75, 3.05) is 0 Å². The third-order valence-electron chi connectivity index (χ3n) is 4.60. The number of fused-ring (bicyclic) bond motifs is 1. The molecule has 1 aromatic carbocycles. The molecule has 7 heteroatoms. The Kier molecular flexibility index (Phi) is 4.45. The zero-order valence-electron chi connectivity index (χ0n) is 13.1. The molecule has 1 fully saturated rings. The van der Waals surface area contributed by atoms with Crippen LogP contribution in [0.1, 0.15) is 46.9 Å². The van der Waals surface area contributed by atoms with Crippen molar-refractivity contribution >= 4 is 34.7 Å². The van der Waals surface area contributed by atoms with E-state index in [-0.39, 0.29) is 28.9 Å². The van der Waals surface area contributed by atoms with Crippen molar-refractivity contribution in [1.29, 1.82) is 0 Å². The standard InChI is InChI=1S/C17H17NO5S/c1-9(19)24-14(17(22)23)10-6-7-11(8-10)18-15(20)12-4-2-3-5-13(12)16(18)21/h2-5,10-11,14H,6-8H2,1H3,(H,22,23). The first-order valence-corrected chi connectivity index (χ1v) is 8.65. The summed E-state index contributed by atoms with van der Waals surface area (Å²) in [7, 11) is 0. The number of carboxylic acids is 1. The van der Waals surface area contributed by atoms with Crippen LogP contribution in [0.4, 0.5) is 0 Å². The lowest BCUT2D eigenvalue weighted by molar-refractivity contribution is -0.137. The average molecular weight is 347 g/mol. The number of carbonyl (C=O) groups is 4. The maximum absolute atomic E-state index is 12.5. The Morgan fingerprint density at radius 1 is 1.17 bits per heavy atom. The van der Waals surface area contributed by atoms with Gasteiger partial charge < -0.3 is 5.11 Å². The van der Waals surface area contributed by atoms with Crippen LogP contribution >= 0.6 is 11.8 Å². The van der Waals surface area contributed by atoms with Crippen LogP contribution in [0.3, 0.4) is 0 Å². The molecule has 0 saturated heterocycles. The summed E-state index contributed by atoms with van der Waals surface area (Å²) in [5, 5.41) is 8.28. The lowest BCUT2D eigenvalue weighted by atomic mass is 10.0. The Labute approximate surface area is 143 Å². The highest BCUT2D eigenvalue weighted by molar-refractivity contribution is 8.14. The summed E-state index contributed by atoms with van der Waals surface area (Å²) in [6.07, 6.45) is 1.57. The molecule has 3 rings (SSSR count). The van der Waals surface area contributed by atoms with Crippen LogP contribution in [0.25, 0.3) is 0 Å². The minimum absolute atomic E-state index is 0.231. The van der Waals surface area contributed by atoms with Gasteiger partial charge in [0.1, 0.15) is 5.25 Å². The first-order chi connectivity index (χ1) is 11.4. The Balaban J connectivity index is 1.77. The van der Waals surface area contributed by atoms with Crippen molar-refractivity contribution < 1.29 is 24.3 Å². The number of carbonyl (C=O) groups excluding carboxylic acids is 3. The predicted molar refractivity (Wildman–Crippen MR) is 87.8 cm³/mol. The fourth-order valence-corrected chi connectivity index (χ4v) is 4.47. The molecule has 3 atom stereocenters. The molecule has 1 aromatic rings. The molecule has 0 bridgehead atoms. The van der Waals surface area contributed by atoms with E-state index in [1.165, 1.54) is 11.8 Å². The van der Waals surface area contributed by atoms with Crippen LogP contribution in [0.2, 0.25) is 0 Å². The van der Waals surface area contributed by atoms with Gasteiger partial charge in [-0.25, -0.2) is 0 Å². The van der Waals surface area contributed by atoms with Gasteiger partial charge in [0.2, 0.25) is 0 Å². The van der Waals surface area contributed by atoms with E-state index in [9.17, 15) is 24.3 Å². The van der Waals surface area contributed by atoms with Crippen molar-refractivity contribution in [1.82, 2.24) is 4.90 Å². The summed E-state index contributed by atoms with van der Waals surface area (Å²) in [5.74, 6) is -1.88. The topological polar surface area (TPSA) is 91.8 Å². The molecule has 1 aliphatic heterocycles. The third kappa shape index (κ3) is 2.84. The van der Waals surface area contributed by atoms with Gasteiger partial charge >= 0.3 is 5.97 Å². The van der Waals surface area contributed by atoms with Gasteiger partial charge in [-0.3, -0.25) is 24.1 Å². The summed E-state index contributed by atoms with van der Waals surface area (Å²) in [4.78, 5) is 49.0. The first kappa shape index (κ1) is 16.7. The number of nitrogens with zero attached hydrogens (tertiary/aromatic N) is 1. The first-order valence-electron chi connectivity index (χ1n) is 7.77. The van der Waals surface area contributed by atoms with Gasteiger partial charge in [-0.2, -0.15) is 0 Å². The summed E-state index contributed by atoms with van der Waals surface area (Å²) in [6, 6.07) is 6.39. The number of hydrogen-bond donors (Lipinski definition) is 1. The third-order valence-corrected chi connectivity index (χ3v) is 5.77. The largest absolute Gasteiger partial charge is 0.480 e. The van der Waals surface area contributed by atoms with E-state index in [4.69, 9.17) is 0 Å². The van der Waals surface area contributed by atoms with Crippen LogP contribution in [0.5, 0.6) is 0 Å². The molecule has 2 aliphatic rings. The van der Waals surface area contributed by atoms with Gasteiger partial charge in [-0.05, 0) is 37.3 Å². The minimum atomic E-state index is -1.02. The zero-order valence-corrected chi connectivity index (χ0v) is 13.9. The monoisotopic (exact) mass is 347 g/mol. The quantitative estimate of drug-likeness (QED) is 0.840. The van der Waals surface area contributed by atoms with Gasteiger partial charge in [0.25, 0.3) is 11.8 Å². The van der Waals surface area contributed by atoms with Gasteiger partial charge in [-0.15, -0.1) is 0 Å². The van der Waals surface area contributed by atoms with Gasteiger partial charge in [-0.1, -0.05) is 23.9 Å². The highest BCUT2D eigenvalue weighted by Crippen LogP contribution is 2.39. The van der Waals surface area contributed by atoms with E-state index in [1.807, 2.05) is 0 Å². The smallest absolute Gasteiger partial charge is 0.317 e. The van der Waals surface area contributed by atoms with Crippen LogP contribution in [-0.4, -0.2) is 44.2 Å². The van der Waals surface area contributed by atoms with Crippen LogP contribution in [-0.2, 0) is 9.59 Å². The maximum atomic E-state index is 12.5. The van der Waals surface area contributed by atoms with E-state index in [0.717, 1.165) is 11.8 Å². The predicted octanol–water partition coefficient (Wildman–Crippen LogP) is 2.18. The zero-order chi connectivity index (χ0) is 17.4. The molecule has 0 aromatic heterocycles. The summed E-state index contributed by atoms with van der Waals surface area (Å²) in [6.45, 7) is 1.34. The maximum Gasteiger partial charge on any atom is 0.317 e. The molecule has 126 valence electrons. The molecule has 2 amide bonds. The van der Waals surface area contributed by atoms with E-state index in [2.05, 4.69) is 0 Å². The number of hydrogen-bond acceptors (Lipinski definition) is 5. The Bertz CT molecular complexity index is 696. The fourth-order valence-electron chi connectivity index (χ4n) is 3.57. The number of aliphatic carboxylic acids is 1. The van der Waals surface area contributed by atoms with Crippen LogP contribution in [0, 0.1) is 5.92 Å². The molecule has 3 unspecified atom stereocenters. The molecule has 0 spiro atoms. The SMILES string of the molecule is CC(=O)SC(C(=O)O)C1CCC(N2C(=O)c3ccccc3C2=O)C1. The number of benzene rings is 1. The molecule has 1 aliphatic carbocycles. The lowest BCUT2D eigenvalue weighted by Crippen LogP contribution is -2.39. The van der Waals surface area contributed by atoms with Crippen molar-refractivity contribution in [2.45, 2.75) is 37.5 Å². The van der Waals surface area contributed by atoms with Crippen molar-refractivity contribution in [3.05, 3.63) is 35.4 Å². The number of thioether (sulfide) groups is 1. The molecule has 1 N–H and O–H groups in total. The summed E-state index contributed by atoms with van der Waals surface area (Å²) < 4.78 is 0. The molecular weight excluding hydrogens is 330 g/mol.